The van der Waals surface area contributed by atoms with Crippen molar-refractivity contribution in [1.29, 1.82) is 0 Å². The molecule has 2 saturated carbocycles. The summed E-state index contributed by atoms with van der Waals surface area (Å²) in [5.41, 5.74) is 6.20. The number of aliphatic hydroxyl groups is 2. The largest absolute Gasteiger partial charge is 0.478 e. The normalized spacial score (nSPS) is 16.5. The lowest BCUT2D eigenvalue weighted by molar-refractivity contribution is 0.0547. The van der Waals surface area contributed by atoms with Gasteiger partial charge in [-0.05, 0) is 124 Å². The minimum absolute atomic E-state index is 0.0266. The van der Waals surface area contributed by atoms with E-state index in [9.17, 15) is 29.4 Å². The second-order valence-electron chi connectivity index (χ2n) is 20.4. The molecule has 8 aromatic rings. The number of fused-ring (bicyclic) bond motifs is 2. The molecule has 12 rings (SSSR count). The molecule has 19 nitrogen and oxygen atoms in total. The number of nitrogens with one attached hydrogen (secondary N) is 5. The molecule has 0 radical (unpaired) electrons. The first-order chi connectivity index (χ1) is 38.4. The summed E-state index contributed by atoms with van der Waals surface area (Å²) >= 11 is 0. The summed E-state index contributed by atoms with van der Waals surface area (Å²) in [6, 6.07) is 31.2. The number of hydrogen-bond acceptors (Lipinski definition) is 11. The van der Waals surface area contributed by atoms with Crippen LogP contribution in [0, 0.1) is 13.1 Å². The SMILES string of the molecule is OC1CCNCC1.[C-]#[N+]c1cccc(C(=O)Nc2ccc(C3(c4nc5c(C(=O)N6CCC(O)CC6)cccc5[nH]4)CCC3)cn2)c1.[C-]#[N+]c1cccc(C(=O)Nc2ccc(C3(c4nc5c(C(=O)O)cccc5[nH]4)CCC3)cn2)c1. The van der Waals surface area contributed by atoms with Gasteiger partial charge in [0.1, 0.15) is 34.3 Å². The van der Waals surface area contributed by atoms with E-state index >= 15 is 0 Å². The van der Waals surface area contributed by atoms with Gasteiger partial charge in [-0.2, -0.15) is 0 Å². The van der Waals surface area contributed by atoms with Crippen molar-refractivity contribution in [3.8, 4) is 0 Å². The number of para-hydroxylation sites is 2. The summed E-state index contributed by atoms with van der Waals surface area (Å²) in [4.78, 5) is 84.0. The van der Waals surface area contributed by atoms with Crippen LogP contribution in [0.15, 0.2) is 122 Å². The number of pyridine rings is 2. The van der Waals surface area contributed by atoms with E-state index in [2.05, 4.69) is 50.6 Å². The molecule has 2 aliphatic heterocycles. The predicted molar refractivity (Wildman–Crippen MR) is 297 cm³/mol. The number of likely N-dealkylation sites (tertiary alicyclic amines) is 1. The van der Waals surface area contributed by atoms with Gasteiger partial charge in [-0.1, -0.05) is 73.5 Å². The van der Waals surface area contributed by atoms with Gasteiger partial charge in [0, 0.05) is 36.6 Å². The molecule has 0 bridgehead atoms. The van der Waals surface area contributed by atoms with Crippen LogP contribution in [0.25, 0.3) is 31.8 Å². The molecule has 0 unspecified atom stereocenters. The van der Waals surface area contributed by atoms with Crippen LogP contribution in [0.1, 0.15) is 128 Å². The number of carboxylic acid groups (broad SMARTS) is 1. The number of imidazole rings is 2. The fourth-order valence-electron chi connectivity index (χ4n) is 10.6. The molecule has 2 aliphatic carbocycles. The van der Waals surface area contributed by atoms with E-state index in [-0.39, 0.29) is 46.3 Å². The summed E-state index contributed by atoms with van der Waals surface area (Å²) < 4.78 is 0. The minimum Gasteiger partial charge on any atom is -0.478 e. The monoisotopic (exact) mass is 1060 g/mol. The topological polar surface area (TPSA) is 260 Å². The molecule has 3 amide bonds. The van der Waals surface area contributed by atoms with Crippen molar-refractivity contribution in [3.63, 3.8) is 0 Å². The van der Waals surface area contributed by atoms with Crippen molar-refractivity contribution < 1.29 is 34.5 Å². The van der Waals surface area contributed by atoms with Crippen LogP contribution in [0.4, 0.5) is 23.0 Å². The summed E-state index contributed by atoms with van der Waals surface area (Å²) in [5.74, 6) is 0.649. The van der Waals surface area contributed by atoms with Gasteiger partial charge < -0.3 is 46.1 Å². The Kier molecular flexibility index (Phi) is 15.7. The maximum absolute atomic E-state index is 13.3. The van der Waals surface area contributed by atoms with E-state index in [1.165, 1.54) is 6.07 Å². The second-order valence-corrected chi connectivity index (χ2v) is 20.4. The first-order valence-corrected chi connectivity index (χ1v) is 26.4. The smallest absolute Gasteiger partial charge is 0.337 e. The van der Waals surface area contributed by atoms with Crippen molar-refractivity contribution in [1.82, 2.24) is 40.1 Å². The van der Waals surface area contributed by atoms with Crippen LogP contribution in [-0.2, 0) is 10.8 Å². The Morgan fingerprint density at radius 1 is 0.595 bits per heavy atom. The lowest BCUT2D eigenvalue weighted by Gasteiger charge is -2.40. The Hall–Kier alpha value is -9.14. The number of carbonyl (C=O) groups excluding carboxylic acids is 3. The number of anilines is 2. The highest BCUT2D eigenvalue weighted by Crippen LogP contribution is 2.49. The number of carboxylic acids is 1. The van der Waals surface area contributed by atoms with Gasteiger partial charge in [0.05, 0.1) is 58.3 Å². The Morgan fingerprint density at radius 2 is 1.05 bits per heavy atom. The van der Waals surface area contributed by atoms with Crippen LogP contribution in [0.5, 0.6) is 0 Å². The van der Waals surface area contributed by atoms with Crippen LogP contribution < -0.4 is 16.0 Å². The maximum Gasteiger partial charge on any atom is 0.337 e. The highest BCUT2D eigenvalue weighted by atomic mass is 16.4. The minimum atomic E-state index is -1.01. The zero-order valence-electron chi connectivity index (χ0n) is 43.2. The lowest BCUT2D eigenvalue weighted by atomic mass is 9.64. The molecule has 4 aromatic carbocycles. The summed E-state index contributed by atoms with van der Waals surface area (Å²) in [5, 5.41) is 36.9. The summed E-state index contributed by atoms with van der Waals surface area (Å²) in [6.07, 6.45) is 11.8. The third-order valence-electron chi connectivity index (χ3n) is 15.5. The fraction of sp³-hybridized carbons (Fsp3) is 0.300. The number of nitrogens with zero attached hydrogens (tertiary/aromatic N) is 7. The summed E-state index contributed by atoms with van der Waals surface area (Å²) in [7, 11) is 0. The average molecular weight is 1060 g/mol. The number of hydrogen-bond donors (Lipinski definition) is 8. The number of benzene rings is 4. The van der Waals surface area contributed by atoms with E-state index < -0.39 is 5.97 Å². The van der Waals surface area contributed by atoms with Crippen LogP contribution in [-0.4, -0.2) is 112 Å². The number of H-pyrrole nitrogens is 2. The number of carbonyl (C=O) groups is 4. The molecule has 6 heterocycles. The summed E-state index contributed by atoms with van der Waals surface area (Å²) in [6.45, 7) is 17.3. The van der Waals surface area contributed by atoms with Gasteiger partial charge in [-0.3, -0.25) is 14.4 Å². The number of piperidine rings is 2. The maximum atomic E-state index is 13.3. The highest BCUT2D eigenvalue weighted by Gasteiger charge is 2.45. The Labute approximate surface area is 455 Å². The van der Waals surface area contributed by atoms with E-state index in [1.54, 1.807) is 84.0 Å². The second kappa shape index (κ2) is 23.2. The number of amides is 3. The molecule has 0 spiro atoms. The molecule has 4 fully saturated rings. The molecule has 8 N–H and O–H groups in total. The van der Waals surface area contributed by atoms with Gasteiger partial charge in [-0.25, -0.2) is 34.4 Å². The number of aromatic carboxylic acids is 1. The zero-order chi connectivity index (χ0) is 55.1. The molecule has 19 heteroatoms. The van der Waals surface area contributed by atoms with E-state index in [0.717, 1.165) is 92.7 Å². The molecule has 0 atom stereocenters. The Morgan fingerprint density at radius 3 is 1.46 bits per heavy atom. The standard InChI is InChI=1S/C30H28N6O3.C25H19N5O3.C5H11NO/c1-31-21-6-2-5-19(17-21)27(38)34-25-10-9-20(18-32-25)30(13-4-14-30)29-33-24-8-3-7-23(26(24)35-29)28(39)36-15-11-22(37)12-16-36;1-26-17-6-2-5-15(13-17)22(31)29-20-10-9-16(14-27-20)25(11-4-12-25)24-28-19-8-3-7-18(23(32)33)21(19)30-24;7-5-1-3-6-4-2-5/h2-3,5-10,17-18,22,37H,4,11-16H2,(H,33,35)(H,32,34,38);2-3,5-10,13-14H,4,11-12H2,(H,28,30)(H,32,33)(H,27,29,31);5-7H,1-4H2. The van der Waals surface area contributed by atoms with E-state index in [1.807, 2.05) is 36.4 Å². The van der Waals surface area contributed by atoms with Crippen LogP contribution in [0.3, 0.4) is 0 Å². The lowest BCUT2D eigenvalue weighted by Crippen LogP contribution is -2.40. The number of aromatic nitrogens is 6. The molecule has 79 heavy (non-hydrogen) atoms. The number of rotatable bonds is 10. The van der Waals surface area contributed by atoms with Gasteiger partial charge in [0.15, 0.2) is 11.4 Å². The zero-order valence-corrected chi connectivity index (χ0v) is 43.2. The third-order valence-corrected chi connectivity index (χ3v) is 15.5. The Bertz CT molecular complexity index is 3630. The van der Waals surface area contributed by atoms with Crippen molar-refractivity contribution >= 4 is 68.8 Å². The Balaban J connectivity index is 0.000000160. The van der Waals surface area contributed by atoms with Crippen molar-refractivity contribution in [2.75, 3.05) is 36.8 Å². The highest BCUT2D eigenvalue weighted by molar-refractivity contribution is 6.06. The van der Waals surface area contributed by atoms with Gasteiger partial charge in [-0.15, -0.1) is 0 Å². The van der Waals surface area contributed by atoms with Crippen molar-refractivity contribution in [2.45, 2.75) is 87.2 Å². The van der Waals surface area contributed by atoms with Crippen LogP contribution >= 0.6 is 0 Å². The van der Waals surface area contributed by atoms with Crippen LogP contribution in [0.2, 0.25) is 0 Å². The first-order valence-electron chi connectivity index (χ1n) is 26.4. The number of aliphatic hydroxyl groups excluding tert-OH is 2. The first kappa shape index (κ1) is 53.3. The van der Waals surface area contributed by atoms with Gasteiger partial charge in [0.2, 0.25) is 0 Å². The van der Waals surface area contributed by atoms with Gasteiger partial charge in [0.25, 0.3) is 17.7 Å². The molecule has 400 valence electrons. The van der Waals surface area contributed by atoms with E-state index in [4.69, 9.17) is 23.2 Å². The molecule has 4 aromatic heterocycles. The van der Waals surface area contributed by atoms with Gasteiger partial charge >= 0.3 is 5.97 Å². The van der Waals surface area contributed by atoms with E-state index in [0.29, 0.717) is 82.2 Å². The average Bonchev–Trinajstić information content (AvgIpc) is 4.34. The van der Waals surface area contributed by atoms with Crippen molar-refractivity contribution in [3.05, 3.63) is 189 Å². The fourth-order valence-corrected chi connectivity index (χ4v) is 10.6. The number of aromatic amines is 2. The molecule has 2 saturated heterocycles. The van der Waals surface area contributed by atoms with Crippen molar-refractivity contribution in [2.24, 2.45) is 0 Å². The molecular weight excluding hydrogens is 1000 g/mol. The third kappa shape index (κ3) is 11.3. The molecule has 4 aliphatic rings. The quantitative estimate of drug-likeness (QED) is 0.0596. The predicted octanol–water partition coefficient (Wildman–Crippen LogP) is 9.49. The molecular formula is C60H58N12O7.